The molecule has 0 bridgehead atoms. The van der Waals surface area contributed by atoms with Crippen LogP contribution in [0.5, 0.6) is 5.75 Å². The number of carbonyl (C=O) groups excluding carboxylic acids is 1. The Morgan fingerprint density at radius 1 is 1.14 bits per heavy atom. The van der Waals surface area contributed by atoms with Crippen molar-refractivity contribution >= 4 is 23.0 Å². The summed E-state index contributed by atoms with van der Waals surface area (Å²) in [5.74, 6) is 1.89. The van der Waals surface area contributed by atoms with E-state index >= 15 is 0 Å². The van der Waals surface area contributed by atoms with Gasteiger partial charge >= 0.3 is 0 Å². The number of ketones is 1. The SMILES string of the molecule is CC[C@H]1COC(c2ccc(OCCCCCCC(=O)c3ccc(C)s3)cc2)=N1. The molecule has 4 nitrogen and oxygen atoms in total. The Morgan fingerprint density at radius 3 is 2.61 bits per heavy atom. The standard InChI is InChI=1S/C23H29NO3S/c1-3-19-16-27-23(24-19)18-10-12-20(13-11-18)26-15-7-5-4-6-8-21(25)22-14-9-17(2)28-22/h9-14,19H,3-8,15-16H2,1-2H3/t19-/m0/s1. The van der Waals surface area contributed by atoms with Gasteiger partial charge in [0.2, 0.25) is 5.90 Å². The molecule has 2 heterocycles. The third kappa shape index (κ3) is 5.93. The maximum absolute atomic E-state index is 12.1. The van der Waals surface area contributed by atoms with E-state index in [1.54, 1.807) is 11.3 Å². The first kappa shape index (κ1) is 20.6. The molecule has 0 saturated heterocycles. The molecule has 0 unspecified atom stereocenters. The topological polar surface area (TPSA) is 47.9 Å². The van der Waals surface area contributed by atoms with Gasteiger partial charge in [0.15, 0.2) is 5.78 Å². The zero-order valence-corrected chi connectivity index (χ0v) is 17.6. The molecule has 0 radical (unpaired) electrons. The van der Waals surface area contributed by atoms with Crippen molar-refractivity contribution in [1.82, 2.24) is 0 Å². The first-order valence-electron chi connectivity index (χ1n) is 10.2. The number of aliphatic imine (C=N–C) groups is 1. The second-order valence-corrected chi connectivity index (χ2v) is 8.47. The van der Waals surface area contributed by atoms with Crippen LogP contribution >= 0.6 is 11.3 Å². The quantitative estimate of drug-likeness (QED) is 0.353. The molecular formula is C23H29NO3S. The minimum atomic E-state index is 0.274. The summed E-state index contributed by atoms with van der Waals surface area (Å²) < 4.78 is 11.5. The lowest BCUT2D eigenvalue weighted by molar-refractivity contribution is 0.0983. The summed E-state index contributed by atoms with van der Waals surface area (Å²) in [5, 5.41) is 0. The molecule has 0 fully saturated rings. The van der Waals surface area contributed by atoms with Crippen LogP contribution in [0, 0.1) is 6.92 Å². The van der Waals surface area contributed by atoms with Gasteiger partial charge in [-0.3, -0.25) is 4.79 Å². The fourth-order valence-corrected chi connectivity index (χ4v) is 3.95. The Labute approximate surface area is 171 Å². The maximum atomic E-state index is 12.1. The van der Waals surface area contributed by atoms with Gasteiger partial charge in [-0.05, 0) is 62.6 Å². The van der Waals surface area contributed by atoms with E-state index in [1.807, 2.05) is 43.3 Å². The first-order valence-corrected chi connectivity index (χ1v) is 11.0. The number of aryl methyl sites for hydroxylation is 1. The lowest BCUT2D eigenvalue weighted by atomic mass is 10.1. The molecule has 0 saturated carbocycles. The number of nitrogens with zero attached hydrogens (tertiary/aromatic N) is 1. The number of thiophene rings is 1. The predicted molar refractivity (Wildman–Crippen MR) is 115 cm³/mol. The van der Waals surface area contributed by atoms with Gasteiger partial charge in [0.1, 0.15) is 12.4 Å². The number of benzene rings is 1. The van der Waals surface area contributed by atoms with Crippen LogP contribution in [0.15, 0.2) is 41.4 Å². The van der Waals surface area contributed by atoms with Crippen molar-refractivity contribution in [3.8, 4) is 5.75 Å². The monoisotopic (exact) mass is 399 g/mol. The van der Waals surface area contributed by atoms with E-state index in [4.69, 9.17) is 9.47 Å². The van der Waals surface area contributed by atoms with Crippen LogP contribution in [-0.2, 0) is 4.74 Å². The average Bonchev–Trinajstić information content (AvgIpc) is 3.36. The van der Waals surface area contributed by atoms with Gasteiger partial charge in [0, 0.05) is 16.9 Å². The van der Waals surface area contributed by atoms with Gasteiger partial charge in [-0.15, -0.1) is 11.3 Å². The van der Waals surface area contributed by atoms with Gasteiger partial charge in [0.05, 0.1) is 17.5 Å². The lowest BCUT2D eigenvalue weighted by Gasteiger charge is -2.07. The fourth-order valence-electron chi connectivity index (χ4n) is 3.12. The highest BCUT2D eigenvalue weighted by Gasteiger charge is 2.18. The van der Waals surface area contributed by atoms with E-state index in [0.717, 1.165) is 54.2 Å². The summed E-state index contributed by atoms with van der Waals surface area (Å²) in [6, 6.07) is 12.2. The Bertz CT molecular complexity index is 794. The van der Waals surface area contributed by atoms with Gasteiger partial charge < -0.3 is 9.47 Å². The molecule has 0 N–H and O–H groups in total. The molecule has 1 atom stereocenters. The molecule has 3 rings (SSSR count). The molecule has 28 heavy (non-hydrogen) atoms. The van der Waals surface area contributed by atoms with Crippen molar-refractivity contribution in [3.05, 3.63) is 51.7 Å². The molecule has 2 aromatic rings. The Kier molecular flexibility index (Phi) is 7.66. The molecular weight excluding hydrogens is 370 g/mol. The van der Waals surface area contributed by atoms with Crippen molar-refractivity contribution in [3.63, 3.8) is 0 Å². The van der Waals surface area contributed by atoms with Crippen molar-refractivity contribution in [1.29, 1.82) is 0 Å². The molecule has 150 valence electrons. The van der Waals surface area contributed by atoms with Crippen LogP contribution < -0.4 is 4.74 Å². The lowest BCUT2D eigenvalue weighted by Crippen LogP contribution is -2.04. The van der Waals surface area contributed by atoms with Gasteiger partial charge in [-0.2, -0.15) is 0 Å². The number of hydrogen-bond acceptors (Lipinski definition) is 5. The first-order chi connectivity index (χ1) is 13.7. The highest BCUT2D eigenvalue weighted by molar-refractivity contribution is 7.14. The summed E-state index contributed by atoms with van der Waals surface area (Å²) in [6.07, 6.45) is 5.75. The van der Waals surface area contributed by atoms with Gasteiger partial charge in [-0.25, -0.2) is 4.99 Å². The summed E-state index contributed by atoms with van der Waals surface area (Å²) >= 11 is 1.59. The average molecular weight is 400 g/mol. The van der Waals surface area contributed by atoms with Crippen molar-refractivity contribution < 1.29 is 14.3 Å². The van der Waals surface area contributed by atoms with Crippen LogP contribution in [0.4, 0.5) is 0 Å². The van der Waals surface area contributed by atoms with Gasteiger partial charge in [-0.1, -0.05) is 19.8 Å². The Morgan fingerprint density at radius 2 is 1.93 bits per heavy atom. The zero-order chi connectivity index (χ0) is 19.8. The summed E-state index contributed by atoms with van der Waals surface area (Å²) in [5.41, 5.74) is 1.01. The zero-order valence-electron chi connectivity index (χ0n) is 16.8. The van der Waals surface area contributed by atoms with Crippen LogP contribution in [0.3, 0.4) is 0 Å². The third-order valence-electron chi connectivity index (χ3n) is 4.87. The number of hydrogen-bond donors (Lipinski definition) is 0. The number of unbranched alkanes of at least 4 members (excludes halogenated alkanes) is 3. The van der Waals surface area contributed by atoms with Crippen molar-refractivity contribution in [2.45, 2.75) is 58.4 Å². The number of carbonyl (C=O) groups is 1. The number of ether oxygens (including phenoxy) is 2. The maximum Gasteiger partial charge on any atom is 0.216 e. The van der Waals surface area contributed by atoms with Crippen molar-refractivity contribution in [2.24, 2.45) is 4.99 Å². The van der Waals surface area contributed by atoms with Crippen LogP contribution in [0.2, 0.25) is 0 Å². The van der Waals surface area contributed by atoms with E-state index in [0.29, 0.717) is 19.6 Å². The van der Waals surface area contributed by atoms with E-state index in [9.17, 15) is 4.79 Å². The highest BCUT2D eigenvalue weighted by Crippen LogP contribution is 2.19. The summed E-state index contributed by atoms with van der Waals surface area (Å²) in [4.78, 5) is 18.7. The number of rotatable bonds is 11. The summed E-state index contributed by atoms with van der Waals surface area (Å²) in [6.45, 7) is 5.54. The van der Waals surface area contributed by atoms with Gasteiger partial charge in [0.25, 0.3) is 0 Å². The van der Waals surface area contributed by atoms with Crippen LogP contribution in [0.25, 0.3) is 0 Å². The molecule has 0 aliphatic carbocycles. The molecule has 1 aromatic heterocycles. The van der Waals surface area contributed by atoms with E-state index in [-0.39, 0.29) is 11.8 Å². The Hall–Kier alpha value is -2.14. The smallest absolute Gasteiger partial charge is 0.216 e. The second-order valence-electron chi connectivity index (χ2n) is 7.18. The molecule has 0 amide bonds. The van der Waals surface area contributed by atoms with Crippen LogP contribution in [0.1, 0.15) is 65.6 Å². The molecule has 1 aliphatic rings. The van der Waals surface area contributed by atoms with E-state index in [1.165, 1.54) is 4.88 Å². The Balaban J connectivity index is 1.29. The largest absolute Gasteiger partial charge is 0.494 e. The predicted octanol–water partition coefficient (Wildman–Crippen LogP) is 5.82. The number of Topliss-reactive ketones (excluding diaryl/α,β-unsaturated/α-hetero) is 1. The molecule has 0 spiro atoms. The second kappa shape index (κ2) is 10.4. The molecule has 5 heteroatoms. The summed E-state index contributed by atoms with van der Waals surface area (Å²) in [7, 11) is 0. The van der Waals surface area contributed by atoms with E-state index < -0.39 is 0 Å². The fraction of sp³-hybridized carbons (Fsp3) is 0.478. The highest BCUT2D eigenvalue weighted by atomic mass is 32.1. The molecule has 1 aliphatic heterocycles. The normalized spacial score (nSPS) is 15.9. The van der Waals surface area contributed by atoms with Crippen molar-refractivity contribution in [2.75, 3.05) is 13.2 Å². The third-order valence-corrected chi connectivity index (χ3v) is 5.91. The minimum absolute atomic E-state index is 0.274. The molecule has 1 aromatic carbocycles. The van der Waals surface area contributed by atoms with Crippen LogP contribution in [-0.4, -0.2) is 30.9 Å². The van der Waals surface area contributed by atoms with E-state index in [2.05, 4.69) is 11.9 Å². The minimum Gasteiger partial charge on any atom is -0.494 e.